The summed E-state index contributed by atoms with van der Waals surface area (Å²) in [5.41, 5.74) is 2.66. The lowest BCUT2D eigenvalue weighted by Gasteiger charge is -2.42. The molecule has 0 bridgehead atoms. The molecule has 31 heavy (non-hydrogen) atoms. The number of allylic oxidation sites excluding steroid dienone is 1. The van der Waals surface area contributed by atoms with Crippen molar-refractivity contribution in [3.05, 3.63) is 52.2 Å². The summed E-state index contributed by atoms with van der Waals surface area (Å²) < 4.78 is 0. The minimum atomic E-state index is -0.232. The summed E-state index contributed by atoms with van der Waals surface area (Å²) >= 11 is 0. The molecule has 7 heteroatoms. The number of rotatable bonds is 7. The number of aryl methyl sites for hydroxylation is 1. The zero-order valence-corrected chi connectivity index (χ0v) is 19.6. The van der Waals surface area contributed by atoms with E-state index in [1.54, 1.807) is 6.20 Å². The topological polar surface area (TPSA) is 68.6 Å². The Kier molecular flexibility index (Phi) is 6.94. The van der Waals surface area contributed by atoms with Crippen LogP contribution in [-0.2, 0) is 11.3 Å². The lowest BCUT2D eigenvalue weighted by Crippen LogP contribution is -2.56. The molecule has 0 spiro atoms. The summed E-state index contributed by atoms with van der Waals surface area (Å²) in [7, 11) is 4.07. The fourth-order valence-electron chi connectivity index (χ4n) is 4.61. The monoisotopic (exact) mass is 425 g/mol. The molecule has 0 aliphatic carbocycles. The maximum atomic E-state index is 13.2. The van der Waals surface area contributed by atoms with Gasteiger partial charge in [0.25, 0.3) is 0 Å². The highest BCUT2D eigenvalue weighted by atomic mass is 16.3. The maximum Gasteiger partial charge on any atom is 0.240 e. The number of nitroso groups, excluding NO2 is 1. The Labute approximate surface area is 185 Å². The number of amidine groups is 1. The largest absolute Gasteiger partial charge is 0.361 e. The first-order valence-electron chi connectivity index (χ1n) is 11.0. The van der Waals surface area contributed by atoms with Gasteiger partial charge >= 0.3 is 0 Å². The molecule has 0 aromatic heterocycles. The highest BCUT2D eigenvalue weighted by Gasteiger charge is 2.40. The Morgan fingerprint density at radius 2 is 1.90 bits per heavy atom. The van der Waals surface area contributed by atoms with Gasteiger partial charge in [0.2, 0.25) is 5.91 Å². The number of aliphatic imine (C=N–C) groups is 1. The molecule has 1 saturated heterocycles. The third-order valence-corrected chi connectivity index (χ3v) is 6.62. The third-order valence-electron chi connectivity index (χ3n) is 6.62. The quantitative estimate of drug-likeness (QED) is 0.624. The van der Waals surface area contributed by atoms with Gasteiger partial charge in [-0.25, -0.2) is 4.99 Å². The molecule has 2 unspecified atom stereocenters. The number of carbonyl (C=O) groups excluding carboxylic acids is 1. The molecule has 2 aliphatic heterocycles. The molecule has 168 valence electrons. The Morgan fingerprint density at radius 3 is 2.52 bits per heavy atom. The lowest BCUT2D eigenvalue weighted by atomic mass is 9.97. The van der Waals surface area contributed by atoms with E-state index < -0.39 is 0 Å². The fourth-order valence-corrected chi connectivity index (χ4v) is 4.61. The number of nitrogens with zero attached hydrogens (tertiary/aromatic N) is 5. The molecule has 1 aromatic rings. The summed E-state index contributed by atoms with van der Waals surface area (Å²) in [6, 6.07) is 8.27. The standard InChI is InChI=1S/C24H35N5O2/c1-17-7-9-19(10-8-17)15-29-12-11-21(23(29)30)28(6)24(3,4)16-27(5)22-18(2)13-20(26-31)14-25-22/h7-10,14,18,21H,11-13,15-16H2,1-6H3. The zero-order chi connectivity index (χ0) is 22.8. The summed E-state index contributed by atoms with van der Waals surface area (Å²) in [6.45, 7) is 10.6. The average Bonchev–Trinajstić information content (AvgIpc) is 3.08. The normalized spacial score (nSPS) is 21.9. The second-order valence-corrected chi connectivity index (χ2v) is 9.63. The van der Waals surface area contributed by atoms with Crippen LogP contribution in [0.3, 0.4) is 0 Å². The Morgan fingerprint density at radius 1 is 1.23 bits per heavy atom. The van der Waals surface area contributed by atoms with Crippen LogP contribution in [0.4, 0.5) is 0 Å². The van der Waals surface area contributed by atoms with Crippen LogP contribution in [0.25, 0.3) is 0 Å². The minimum absolute atomic E-state index is 0.120. The van der Waals surface area contributed by atoms with E-state index in [9.17, 15) is 9.70 Å². The van der Waals surface area contributed by atoms with E-state index in [0.717, 1.165) is 25.3 Å². The zero-order valence-electron chi connectivity index (χ0n) is 19.6. The molecule has 2 heterocycles. The molecule has 7 nitrogen and oxygen atoms in total. The van der Waals surface area contributed by atoms with E-state index in [2.05, 4.69) is 71.9 Å². The van der Waals surface area contributed by atoms with Crippen LogP contribution in [0.5, 0.6) is 0 Å². The molecule has 2 aliphatic rings. The van der Waals surface area contributed by atoms with Crippen LogP contribution in [-0.4, -0.2) is 65.2 Å². The number of hydrogen-bond acceptors (Lipinski definition) is 6. The minimum Gasteiger partial charge on any atom is -0.361 e. The molecule has 1 aromatic carbocycles. The van der Waals surface area contributed by atoms with Crippen LogP contribution < -0.4 is 0 Å². The summed E-state index contributed by atoms with van der Waals surface area (Å²) in [4.78, 5) is 34.8. The van der Waals surface area contributed by atoms with Crippen LogP contribution in [0, 0.1) is 17.7 Å². The van der Waals surface area contributed by atoms with E-state index in [4.69, 9.17) is 0 Å². The summed E-state index contributed by atoms with van der Waals surface area (Å²) in [6.07, 6.45) is 3.01. The van der Waals surface area contributed by atoms with E-state index in [-0.39, 0.29) is 23.4 Å². The number of amides is 1. The molecule has 0 radical (unpaired) electrons. The van der Waals surface area contributed by atoms with Crippen molar-refractivity contribution in [1.29, 1.82) is 0 Å². The second-order valence-electron chi connectivity index (χ2n) is 9.63. The molecule has 0 N–H and O–H groups in total. The van der Waals surface area contributed by atoms with Crippen molar-refractivity contribution < 1.29 is 4.79 Å². The van der Waals surface area contributed by atoms with Crippen LogP contribution >= 0.6 is 0 Å². The fraction of sp³-hybridized carbons (Fsp3) is 0.583. The van der Waals surface area contributed by atoms with Crippen molar-refractivity contribution in [2.24, 2.45) is 16.1 Å². The van der Waals surface area contributed by atoms with Crippen molar-refractivity contribution in [2.75, 3.05) is 27.2 Å². The van der Waals surface area contributed by atoms with E-state index in [1.807, 2.05) is 19.0 Å². The highest BCUT2D eigenvalue weighted by molar-refractivity contribution is 5.86. The Bertz CT molecular complexity index is 874. The number of hydrogen-bond donors (Lipinski definition) is 0. The predicted molar refractivity (Wildman–Crippen MR) is 125 cm³/mol. The van der Waals surface area contributed by atoms with Gasteiger partial charge in [-0.1, -0.05) is 36.8 Å². The Hall–Kier alpha value is -2.54. The van der Waals surface area contributed by atoms with E-state index in [1.165, 1.54) is 11.1 Å². The van der Waals surface area contributed by atoms with Gasteiger partial charge in [-0.15, -0.1) is 4.91 Å². The summed E-state index contributed by atoms with van der Waals surface area (Å²) in [5.74, 6) is 1.29. The van der Waals surface area contributed by atoms with Gasteiger partial charge in [-0.3, -0.25) is 9.69 Å². The van der Waals surface area contributed by atoms with Crippen LogP contribution in [0.15, 0.2) is 46.3 Å². The van der Waals surface area contributed by atoms with Crippen LogP contribution in [0.2, 0.25) is 0 Å². The predicted octanol–water partition coefficient (Wildman–Crippen LogP) is 3.78. The molecule has 1 fully saturated rings. The SMILES string of the molecule is Cc1ccc(CN2CCC(N(C)C(C)(C)CN(C)C3=NC=C(N=O)CC3C)C2=O)cc1. The molecule has 1 amide bonds. The van der Waals surface area contributed by atoms with Crippen molar-refractivity contribution in [1.82, 2.24) is 14.7 Å². The van der Waals surface area contributed by atoms with Crippen molar-refractivity contribution in [2.45, 2.75) is 58.7 Å². The smallest absolute Gasteiger partial charge is 0.240 e. The number of likely N-dealkylation sites (tertiary alicyclic amines) is 1. The van der Waals surface area contributed by atoms with Gasteiger partial charge in [0.05, 0.1) is 12.2 Å². The second kappa shape index (κ2) is 9.30. The van der Waals surface area contributed by atoms with Crippen molar-refractivity contribution >= 4 is 11.7 Å². The molecule has 2 atom stereocenters. The highest BCUT2D eigenvalue weighted by Crippen LogP contribution is 2.27. The number of likely N-dealkylation sites (N-methyl/N-ethyl adjacent to an activating group) is 2. The lowest BCUT2D eigenvalue weighted by molar-refractivity contribution is -0.134. The van der Waals surface area contributed by atoms with Gasteiger partial charge in [0.1, 0.15) is 11.5 Å². The van der Waals surface area contributed by atoms with Gasteiger partial charge < -0.3 is 9.80 Å². The number of carbonyl (C=O) groups is 1. The Balaban J connectivity index is 1.64. The molecule has 3 rings (SSSR count). The van der Waals surface area contributed by atoms with E-state index in [0.29, 0.717) is 18.7 Å². The number of benzene rings is 1. The average molecular weight is 426 g/mol. The molecule has 0 saturated carbocycles. The van der Waals surface area contributed by atoms with Gasteiger partial charge in [0, 0.05) is 44.6 Å². The van der Waals surface area contributed by atoms with Crippen molar-refractivity contribution in [3.8, 4) is 0 Å². The van der Waals surface area contributed by atoms with Crippen LogP contribution in [0.1, 0.15) is 44.7 Å². The third kappa shape index (κ3) is 5.21. The van der Waals surface area contributed by atoms with Gasteiger partial charge in [-0.2, -0.15) is 0 Å². The van der Waals surface area contributed by atoms with E-state index >= 15 is 0 Å². The first-order valence-corrected chi connectivity index (χ1v) is 11.0. The first-order chi connectivity index (χ1) is 14.6. The van der Waals surface area contributed by atoms with Gasteiger partial charge in [0.15, 0.2) is 0 Å². The van der Waals surface area contributed by atoms with Gasteiger partial charge in [-0.05, 0) is 45.0 Å². The molecular formula is C24H35N5O2. The molecular weight excluding hydrogens is 390 g/mol. The van der Waals surface area contributed by atoms with Crippen molar-refractivity contribution in [3.63, 3.8) is 0 Å². The maximum absolute atomic E-state index is 13.2. The summed E-state index contributed by atoms with van der Waals surface area (Å²) in [5, 5.41) is 3.03. The first kappa shape index (κ1) is 23.1.